The van der Waals surface area contributed by atoms with Crippen LogP contribution in [0.2, 0.25) is 5.02 Å². The summed E-state index contributed by atoms with van der Waals surface area (Å²) < 4.78 is 10.5. The first-order valence-corrected chi connectivity index (χ1v) is 10.4. The number of aliphatic hydroxyl groups excluding tert-OH is 1. The Morgan fingerprint density at radius 3 is 2.83 bits per heavy atom. The lowest BCUT2D eigenvalue weighted by Gasteiger charge is -2.36. The number of pyridine rings is 2. The molecular formula is C21H29ClN4O4. The zero-order valence-electron chi connectivity index (χ0n) is 17.8. The molecular weight excluding hydrogens is 408 g/mol. The molecule has 1 aliphatic rings. The van der Waals surface area contributed by atoms with Gasteiger partial charge in [0.05, 0.1) is 35.3 Å². The van der Waals surface area contributed by atoms with E-state index in [2.05, 4.69) is 20.2 Å². The van der Waals surface area contributed by atoms with Crippen LogP contribution >= 0.6 is 11.6 Å². The number of amides is 1. The lowest BCUT2D eigenvalue weighted by Crippen LogP contribution is -2.54. The highest BCUT2D eigenvalue weighted by Gasteiger charge is 2.30. The summed E-state index contributed by atoms with van der Waals surface area (Å²) in [6, 6.07) is 3.30. The number of halogens is 1. The van der Waals surface area contributed by atoms with E-state index < -0.39 is 17.8 Å². The third-order valence-corrected chi connectivity index (χ3v) is 5.32. The number of β-amino-alcohol motifs (C(OH)–C–C–N with tert-alkyl or cyclic N) is 1. The Kier molecular flexibility index (Phi) is 7.00. The van der Waals surface area contributed by atoms with Gasteiger partial charge in [0.15, 0.2) is 0 Å². The molecule has 3 rings (SSSR count). The molecule has 0 bridgehead atoms. The number of rotatable bonds is 5. The van der Waals surface area contributed by atoms with Crippen molar-refractivity contribution in [3.05, 3.63) is 28.9 Å². The van der Waals surface area contributed by atoms with Crippen molar-refractivity contribution in [2.24, 2.45) is 0 Å². The summed E-state index contributed by atoms with van der Waals surface area (Å²) in [6.45, 7) is 7.33. The summed E-state index contributed by atoms with van der Waals surface area (Å²) in [4.78, 5) is 23.0. The van der Waals surface area contributed by atoms with Gasteiger partial charge in [0.2, 0.25) is 5.88 Å². The van der Waals surface area contributed by atoms with Crippen molar-refractivity contribution in [3.63, 3.8) is 0 Å². The fraction of sp³-hybridized carbons (Fsp3) is 0.571. The van der Waals surface area contributed by atoms with Gasteiger partial charge in [0, 0.05) is 37.5 Å². The molecule has 8 nitrogen and oxygen atoms in total. The van der Waals surface area contributed by atoms with Crippen molar-refractivity contribution in [1.82, 2.24) is 20.2 Å². The SMILES string of the molecule is COc1ccc2ncc(Cl)c(CCN3CCC(NC(=O)OC(C)(C)C)C(O)C3)c2n1. The van der Waals surface area contributed by atoms with Crippen molar-refractivity contribution >= 4 is 28.7 Å². The molecule has 1 amide bonds. The number of alkyl carbamates (subject to hydrolysis) is 1. The molecule has 2 unspecified atom stereocenters. The van der Waals surface area contributed by atoms with Gasteiger partial charge in [0.1, 0.15) is 5.60 Å². The summed E-state index contributed by atoms with van der Waals surface area (Å²) in [5, 5.41) is 13.8. The number of nitrogens with zero attached hydrogens (tertiary/aromatic N) is 3. The number of likely N-dealkylation sites (tertiary alicyclic amines) is 1. The molecule has 2 N–H and O–H groups in total. The molecule has 0 spiro atoms. The molecule has 1 saturated heterocycles. The van der Waals surface area contributed by atoms with Gasteiger partial charge in [-0.25, -0.2) is 9.78 Å². The van der Waals surface area contributed by atoms with Crippen LogP contribution in [0.3, 0.4) is 0 Å². The van der Waals surface area contributed by atoms with Crippen molar-refractivity contribution in [2.45, 2.75) is 51.4 Å². The highest BCUT2D eigenvalue weighted by Crippen LogP contribution is 2.26. The first-order chi connectivity index (χ1) is 14.2. The maximum atomic E-state index is 12.0. The van der Waals surface area contributed by atoms with E-state index in [4.69, 9.17) is 21.1 Å². The molecule has 164 valence electrons. The molecule has 9 heteroatoms. The molecule has 30 heavy (non-hydrogen) atoms. The second-order valence-corrected chi connectivity index (χ2v) is 8.87. The van der Waals surface area contributed by atoms with E-state index in [9.17, 15) is 9.90 Å². The molecule has 2 aromatic heterocycles. The molecule has 1 aliphatic heterocycles. The van der Waals surface area contributed by atoms with Crippen LogP contribution in [0, 0.1) is 0 Å². The number of methoxy groups -OCH3 is 1. The summed E-state index contributed by atoms with van der Waals surface area (Å²) in [7, 11) is 1.57. The van der Waals surface area contributed by atoms with Crippen LogP contribution < -0.4 is 10.1 Å². The number of hydrogen-bond donors (Lipinski definition) is 2. The van der Waals surface area contributed by atoms with Gasteiger partial charge in [-0.2, -0.15) is 0 Å². The van der Waals surface area contributed by atoms with Gasteiger partial charge in [-0.15, -0.1) is 0 Å². The standard InChI is InChI=1S/C21H29ClN4O4/c1-21(2,3)30-20(28)24-15-8-10-26(12-17(15)27)9-7-13-14(22)11-23-16-5-6-18(29-4)25-19(13)16/h5-6,11,15,17,27H,7-10,12H2,1-4H3,(H,24,28). The molecule has 2 atom stereocenters. The van der Waals surface area contributed by atoms with Gasteiger partial charge in [-0.05, 0) is 39.7 Å². The summed E-state index contributed by atoms with van der Waals surface area (Å²) in [6.07, 6.45) is 1.76. The van der Waals surface area contributed by atoms with Crippen molar-refractivity contribution in [1.29, 1.82) is 0 Å². The number of piperidine rings is 1. The summed E-state index contributed by atoms with van der Waals surface area (Å²) >= 11 is 6.41. The highest BCUT2D eigenvalue weighted by molar-refractivity contribution is 6.32. The van der Waals surface area contributed by atoms with Crippen LogP contribution in [0.5, 0.6) is 5.88 Å². The maximum absolute atomic E-state index is 12.0. The lowest BCUT2D eigenvalue weighted by molar-refractivity contribution is 0.0204. The van der Waals surface area contributed by atoms with E-state index in [1.54, 1.807) is 19.4 Å². The second-order valence-electron chi connectivity index (χ2n) is 8.47. The van der Waals surface area contributed by atoms with Crippen LogP contribution in [0.25, 0.3) is 11.0 Å². The van der Waals surface area contributed by atoms with E-state index in [1.165, 1.54) is 0 Å². The Morgan fingerprint density at radius 1 is 1.40 bits per heavy atom. The largest absolute Gasteiger partial charge is 0.481 e. The number of aromatic nitrogens is 2. The normalized spacial score (nSPS) is 20.2. The molecule has 0 aliphatic carbocycles. The smallest absolute Gasteiger partial charge is 0.407 e. The predicted octanol–water partition coefficient (Wildman–Crippen LogP) is 2.79. The number of ether oxygens (including phenoxy) is 2. The first kappa shape index (κ1) is 22.5. The van der Waals surface area contributed by atoms with E-state index in [0.29, 0.717) is 36.8 Å². The van der Waals surface area contributed by atoms with Crippen LogP contribution in [-0.2, 0) is 11.2 Å². The summed E-state index contributed by atoms with van der Waals surface area (Å²) in [5.41, 5.74) is 1.82. The van der Waals surface area contributed by atoms with Gasteiger partial charge >= 0.3 is 6.09 Å². The third-order valence-electron chi connectivity index (χ3n) is 4.99. The molecule has 3 heterocycles. The molecule has 1 fully saturated rings. The second kappa shape index (κ2) is 9.32. The molecule has 0 radical (unpaired) electrons. The molecule has 2 aromatic rings. The minimum atomic E-state index is -0.672. The third kappa shape index (κ3) is 5.71. The average molecular weight is 437 g/mol. The van der Waals surface area contributed by atoms with Crippen molar-refractivity contribution in [2.75, 3.05) is 26.7 Å². The van der Waals surface area contributed by atoms with Crippen LogP contribution in [-0.4, -0.2) is 70.6 Å². The number of carbonyl (C=O) groups is 1. The van der Waals surface area contributed by atoms with Crippen LogP contribution in [0.15, 0.2) is 18.3 Å². The quantitative estimate of drug-likeness (QED) is 0.743. The van der Waals surface area contributed by atoms with Gasteiger partial charge in [0.25, 0.3) is 0 Å². The lowest BCUT2D eigenvalue weighted by atomic mass is 10.0. The van der Waals surface area contributed by atoms with Crippen molar-refractivity contribution in [3.8, 4) is 5.88 Å². The van der Waals surface area contributed by atoms with Crippen molar-refractivity contribution < 1.29 is 19.4 Å². The van der Waals surface area contributed by atoms with E-state index in [1.807, 2.05) is 26.8 Å². The Bertz CT molecular complexity index is 902. The van der Waals surface area contributed by atoms with Gasteiger partial charge < -0.3 is 24.8 Å². The zero-order chi connectivity index (χ0) is 21.9. The molecule has 0 aromatic carbocycles. The molecule has 0 saturated carbocycles. The first-order valence-electron chi connectivity index (χ1n) is 10.0. The fourth-order valence-corrected chi connectivity index (χ4v) is 3.76. The number of aliphatic hydroxyl groups is 1. The van der Waals surface area contributed by atoms with E-state index in [0.717, 1.165) is 23.1 Å². The van der Waals surface area contributed by atoms with E-state index >= 15 is 0 Å². The number of hydrogen-bond acceptors (Lipinski definition) is 7. The van der Waals surface area contributed by atoms with Crippen LogP contribution in [0.1, 0.15) is 32.8 Å². The van der Waals surface area contributed by atoms with Gasteiger partial charge in [-0.3, -0.25) is 4.98 Å². The minimum absolute atomic E-state index is 0.327. The maximum Gasteiger partial charge on any atom is 0.407 e. The summed E-state index contributed by atoms with van der Waals surface area (Å²) in [5.74, 6) is 0.511. The van der Waals surface area contributed by atoms with Gasteiger partial charge in [-0.1, -0.05) is 11.6 Å². The highest BCUT2D eigenvalue weighted by atomic mass is 35.5. The predicted molar refractivity (Wildman–Crippen MR) is 115 cm³/mol. The Labute approximate surface area is 181 Å². The Hall–Kier alpha value is -2.16. The van der Waals surface area contributed by atoms with E-state index in [-0.39, 0.29) is 6.04 Å². The fourth-order valence-electron chi connectivity index (χ4n) is 3.53. The number of fused-ring (bicyclic) bond motifs is 1. The monoisotopic (exact) mass is 436 g/mol. The van der Waals surface area contributed by atoms with Crippen LogP contribution in [0.4, 0.5) is 4.79 Å². The zero-order valence-corrected chi connectivity index (χ0v) is 18.6. The Balaban J connectivity index is 1.60. The average Bonchev–Trinajstić information content (AvgIpc) is 2.67. The Morgan fingerprint density at radius 2 is 2.17 bits per heavy atom. The topological polar surface area (TPSA) is 96.8 Å². The number of nitrogens with one attached hydrogen (secondary N) is 1. The minimum Gasteiger partial charge on any atom is -0.481 e. The number of carbonyl (C=O) groups excluding carboxylic acids is 1.